The fourth-order valence-electron chi connectivity index (χ4n) is 5.20. The number of nitrogens with zero attached hydrogens (tertiary/aromatic N) is 4. The van der Waals surface area contributed by atoms with E-state index in [1.807, 2.05) is 26.0 Å². The summed E-state index contributed by atoms with van der Waals surface area (Å²) >= 11 is 0. The summed E-state index contributed by atoms with van der Waals surface area (Å²) in [4.78, 5) is 6.81. The van der Waals surface area contributed by atoms with Crippen LogP contribution in [0.15, 0.2) is 40.9 Å². The zero-order chi connectivity index (χ0) is 27.4. The van der Waals surface area contributed by atoms with Crippen LogP contribution >= 0.6 is 0 Å². The minimum atomic E-state index is -3.36. The van der Waals surface area contributed by atoms with Crippen molar-refractivity contribution in [3.05, 3.63) is 53.1 Å². The highest BCUT2D eigenvalue weighted by Crippen LogP contribution is 2.38. The molecule has 2 aromatic carbocycles. The van der Waals surface area contributed by atoms with Gasteiger partial charge in [-0.05, 0) is 61.9 Å². The molecule has 10 nitrogen and oxygen atoms in total. The Morgan fingerprint density at radius 1 is 1.26 bits per heavy atom. The highest BCUT2D eigenvalue weighted by atomic mass is 32.2. The van der Waals surface area contributed by atoms with Crippen LogP contribution in [0.1, 0.15) is 42.9 Å². The van der Waals surface area contributed by atoms with Crippen molar-refractivity contribution in [2.75, 3.05) is 45.0 Å². The van der Waals surface area contributed by atoms with E-state index < -0.39 is 10.0 Å². The summed E-state index contributed by atoms with van der Waals surface area (Å²) in [6.07, 6.45) is 1.61. The van der Waals surface area contributed by atoms with Crippen molar-refractivity contribution < 1.29 is 17.7 Å². The zero-order valence-electron chi connectivity index (χ0n) is 22.3. The van der Waals surface area contributed by atoms with Crippen LogP contribution in [-0.4, -0.2) is 74.6 Å². The van der Waals surface area contributed by atoms with Crippen LogP contribution in [0.5, 0.6) is 5.75 Å². The number of ether oxygens (including phenoxy) is 1. The van der Waals surface area contributed by atoms with Gasteiger partial charge in [-0.2, -0.15) is 10.2 Å². The van der Waals surface area contributed by atoms with E-state index in [4.69, 9.17) is 9.26 Å². The maximum absolute atomic E-state index is 12.7. The van der Waals surface area contributed by atoms with Crippen molar-refractivity contribution in [2.45, 2.75) is 38.7 Å². The molecule has 2 aliphatic rings. The van der Waals surface area contributed by atoms with E-state index in [1.165, 1.54) is 0 Å². The van der Waals surface area contributed by atoms with Gasteiger partial charge in [-0.1, -0.05) is 23.4 Å². The molecule has 5 rings (SSSR count). The molecule has 1 fully saturated rings. The smallest absolute Gasteiger partial charge is 0.258 e. The highest BCUT2D eigenvalue weighted by Gasteiger charge is 2.28. The predicted molar refractivity (Wildman–Crippen MR) is 148 cm³/mol. The van der Waals surface area contributed by atoms with E-state index in [9.17, 15) is 13.7 Å². The second kappa shape index (κ2) is 11.8. The first-order valence-electron chi connectivity index (χ1n) is 13.4. The summed E-state index contributed by atoms with van der Waals surface area (Å²) in [6.45, 7) is 8.30. The van der Waals surface area contributed by atoms with Gasteiger partial charge in [-0.25, -0.2) is 13.1 Å². The first-order valence-corrected chi connectivity index (χ1v) is 15.1. The van der Waals surface area contributed by atoms with Crippen molar-refractivity contribution in [2.24, 2.45) is 0 Å². The minimum Gasteiger partial charge on any atom is -0.490 e. The molecule has 0 radical (unpaired) electrons. The lowest BCUT2D eigenvalue weighted by Gasteiger charge is -2.27. The predicted octanol–water partition coefficient (Wildman–Crippen LogP) is 2.92. The Kier molecular flexibility index (Phi) is 8.28. The third-order valence-electron chi connectivity index (χ3n) is 7.21. The lowest BCUT2D eigenvalue weighted by molar-refractivity contribution is 0.241. The number of piperazine rings is 1. The molecule has 2 N–H and O–H groups in total. The molecule has 2 heterocycles. The second-order valence-corrected chi connectivity index (χ2v) is 12.2. The van der Waals surface area contributed by atoms with Crippen LogP contribution in [-0.2, 0) is 16.4 Å². The molecule has 1 atom stereocenters. The molecule has 0 spiro atoms. The minimum absolute atomic E-state index is 0.0467. The van der Waals surface area contributed by atoms with Gasteiger partial charge >= 0.3 is 0 Å². The quantitative estimate of drug-likeness (QED) is 0.391. The molecule has 1 saturated heterocycles. The third-order valence-corrected chi connectivity index (χ3v) is 8.53. The Labute approximate surface area is 229 Å². The molecule has 1 aromatic heterocycles. The molecule has 1 aliphatic heterocycles. The average molecular weight is 551 g/mol. The molecule has 39 heavy (non-hydrogen) atoms. The second-order valence-electron chi connectivity index (χ2n) is 10.3. The van der Waals surface area contributed by atoms with Crippen molar-refractivity contribution in [1.82, 2.24) is 25.1 Å². The Morgan fingerprint density at radius 2 is 2.08 bits per heavy atom. The SMILES string of the molecule is CC(C)Oc1ccc(-c2nc(-c3cccc4c3CCC4CNS(=O)(=O)CCN3CCNCC3)no2)cc1C#N. The number of fused-ring (bicyclic) bond motifs is 1. The standard InChI is InChI=1S/C28H34N6O4S/c1-19(2)37-26-9-7-20(16-22(26)17-29)28-32-27(33-38-28)25-5-3-4-23-21(6-8-24(23)25)18-31-39(35,36)15-14-34-12-10-30-11-13-34/h3-5,7,9,16,19,21,30-31H,6,8,10-15,18H2,1-2H3. The van der Waals surface area contributed by atoms with Gasteiger partial charge in [0, 0.05) is 50.4 Å². The highest BCUT2D eigenvalue weighted by molar-refractivity contribution is 7.89. The van der Waals surface area contributed by atoms with Crippen LogP contribution in [0.2, 0.25) is 0 Å². The Balaban J connectivity index is 1.27. The van der Waals surface area contributed by atoms with Gasteiger partial charge in [0.15, 0.2) is 0 Å². The average Bonchev–Trinajstić information content (AvgIpc) is 3.59. The number of nitrogens with one attached hydrogen (secondary N) is 2. The van der Waals surface area contributed by atoms with Crippen LogP contribution in [0.4, 0.5) is 0 Å². The normalized spacial score (nSPS) is 17.7. The number of sulfonamides is 1. The summed E-state index contributed by atoms with van der Waals surface area (Å²) in [6, 6.07) is 13.4. The third kappa shape index (κ3) is 6.47. The molecular formula is C28H34N6O4S. The number of rotatable bonds is 10. The van der Waals surface area contributed by atoms with Gasteiger partial charge in [-0.15, -0.1) is 0 Å². The molecule has 0 bridgehead atoms. The van der Waals surface area contributed by atoms with Crippen molar-refractivity contribution in [3.8, 4) is 34.7 Å². The zero-order valence-corrected chi connectivity index (χ0v) is 23.1. The monoisotopic (exact) mass is 550 g/mol. The summed E-state index contributed by atoms with van der Waals surface area (Å²) in [5.41, 5.74) is 4.16. The van der Waals surface area contributed by atoms with Crippen LogP contribution < -0.4 is 14.8 Å². The number of hydrogen-bond donors (Lipinski definition) is 2. The lowest BCUT2D eigenvalue weighted by Crippen LogP contribution is -2.46. The van der Waals surface area contributed by atoms with Crippen LogP contribution in [0.3, 0.4) is 0 Å². The van der Waals surface area contributed by atoms with E-state index in [1.54, 1.807) is 18.2 Å². The van der Waals surface area contributed by atoms with E-state index in [2.05, 4.69) is 37.2 Å². The van der Waals surface area contributed by atoms with E-state index >= 15 is 0 Å². The van der Waals surface area contributed by atoms with Gasteiger partial charge in [-0.3, -0.25) is 4.90 Å². The fourth-order valence-corrected chi connectivity index (χ4v) is 6.30. The van der Waals surface area contributed by atoms with Gasteiger partial charge in [0.2, 0.25) is 15.8 Å². The largest absolute Gasteiger partial charge is 0.490 e. The van der Waals surface area contributed by atoms with Crippen LogP contribution in [0.25, 0.3) is 22.8 Å². The number of nitriles is 1. The molecule has 1 unspecified atom stereocenters. The summed E-state index contributed by atoms with van der Waals surface area (Å²) in [5.74, 6) is 1.51. The number of benzene rings is 2. The van der Waals surface area contributed by atoms with Crippen molar-refractivity contribution in [1.29, 1.82) is 5.26 Å². The van der Waals surface area contributed by atoms with Gasteiger partial charge in [0.1, 0.15) is 11.8 Å². The lowest BCUT2D eigenvalue weighted by atomic mass is 9.98. The molecule has 3 aromatic rings. The Morgan fingerprint density at radius 3 is 2.85 bits per heavy atom. The molecule has 11 heteroatoms. The molecule has 206 valence electrons. The summed E-state index contributed by atoms with van der Waals surface area (Å²) < 4.78 is 39.5. The first-order chi connectivity index (χ1) is 18.8. The fraction of sp³-hybridized carbons (Fsp3) is 0.464. The van der Waals surface area contributed by atoms with Gasteiger partial charge < -0.3 is 14.6 Å². The van der Waals surface area contributed by atoms with Gasteiger partial charge in [0.05, 0.1) is 17.4 Å². The first kappa shape index (κ1) is 27.3. The van der Waals surface area contributed by atoms with Crippen LogP contribution in [0, 0.1) is 11.3 Å². The van der Waals surface area contributed by atoms with E-state index in [0.717, 1.165) is 55.7 Å². The molecule has 0 saturated carbocycles. The Bertz CT molecular complexity index is 1460. The summed E-state index contributed by atoms with van der Waals surface area (Å²) in [5, 5.41) is 17.1. The van der Waals surface area contributed by atoms with E-state index in [-0.39, 0.29) is 17.8 Å². The topological polar surface area (TPSA) is 133 Å². The molecule has 1 aliphatic carbocycles. The Hall–Kier alpha value is -3.30. The maximum Gasteiger partial charge on any atom is 0.258 e. The number of aromatic nitrogens is 2. The summed E-state index contributed by atoms with van der Waals surface area (Å²) in [7, 11) is -3.36. The number of hydrogen-bond acceptors (Lipinski definition) is 9. The van der Waals surface area contributed by atoms with E-state index in [0.29, 0.717) is 41.7 Å². The van der Waals surface area contributed by atoms with Crippen molar-refractivity contribution in [3.63, 3.8) is 0 Å². The van der Waals surface area contributed by atoms with Gasteiger partial charge in [0.25, 0.3) is 5.89 Å². The molecular weight excluding hydrogens is 516 g/mol. The van der Waals surface area contributed by atoms with Crippen molar-refractivity contribution >= 4 is 10.0 Å². The molecule has 0 amide bonds. The maximum atomic E-state index is 12.7.